The molecule has 0 saturated carbocycles. The number of H-pyrrole nitrogens is 1. The van der Waals surface area contributed by atoms with E-state index in [0.717, 1.165) is 32.0 Å². The Balaban J connectivity index is 1.47. The molecule has 1 unspecified atom stereocenters. The summed E-state index contributed by atoms with van der Waals surface area (Å²) in [4.78, 5) is 33.2. The number of carbonyl (C=O) groups is 2. The van der Waals surface area contributed by atoms with E-state index in [-0.39, 0.29) is 23.6 Å². The zero-order chi connectivity index (χ0) is 27.0. The molecule has 1 aromatic heterocycles. The lowest BCUT2D eigenvalue weighted by atomic mass is 9.93. The average molecular weight is 521 g/mol. The molecule has 198 valence electrons. The van der Waals surface area contributed by atoms with Gasteiger partial charge in [-0.25, -0.2) is 8.78 Å². The second-order valence-corrected chi connectivity index (χ2v) is 9.97. The summed E-state index contributed by atoms with van der Waals surface area (Å²) in [6, 6.07) is 10.6. The number of aryl methyl sites for hydroxylation is 1. The highest BCUT2D eigenvalue weighted by Crippen LogP contribution is 2.41. The van der Waals surface area contributed by atoms with Gasteiger partial charge < -0.3 is 25.2 Å². The first-order chi connectivity index (χ1) is 18.2. The Morgan fingerprint density at radius 3 is 2.63 bits per heavy atom. The van der Waals surface area contributed by atoms with Crippen LogP contribution in [0.2, 0.25) is 0 Å². The topological polar surface area (TPSA) is 88.7 Å². The van der Waals surface area contributed by atoms with Gasteiger partial charge in [-0.2, -0.15) is 0 Å². The highest BCUT2D eigenvalue weighted by atomic mass is 19.2. The minimum atomic E-state index is -1.000. The molecule has 1 fully saturated rings. The number of aromatic amines is 1. The van der Waals surface area contributed by atoms with E-state index in [1.165, 1.54) is 17.0 Å². The number of hydrogen-bond acceptors (Lipinski definition) is 4. The Bertz CT molecular complexity index is 1430. The van der Waals surface area contributed by atoms with Crippen molar-refractivity contribution < 1.29 is 23.5 Å². The molecule has 9 heteroatoms. The molecular weight excluding hydrogens is 490 g/mol. The first kappa shape index (κ1) is 25.8. The van der Waals surface area contributed by atoms with Gasteiger partial charge >= 0.3 is 0 Å². The number of likely N-dealkylation sites (tertiary alicyclic amines) is 1. The first-order valence-corrected chi connectivity index (χ1v) is 12.7. The van der Waals surface area contributed by atoms with E-state index in [9.17, 15) is 23.5 Å². The molecule has 2 aromatic carbocycles. The normalized spacial score (nSPS) is 17.1. The maximum Gasteiger partial charge on any atom is 0.256 e. The number of nitrogens with zero attached hydrogens (tertiary/aromatic N) is 2. The molecule has 2 amide bonds. The summed E-state index contributed by atoms with van der Waals surface area (Å²) in [5.41, 5.74) is 3.02. The van der Waals surface area contributed by atoms with Gasteiger partial charge in [0.15, 0.2) is 11.6 Å². The summed E-state index contributed by atoms with van der Waals surface area (Å²) in [6.07, 6.45) is 3.12. The highest BCUT2D eigenvalue weighted by molar-refractivity contribution is 6.36. The number of fused-ring (bicyclic) bond motifs is 1. The van der Waals surface area contributed by atoms with Gasteiger partial charge in [0.25, 0.3) is 11.8 Å². The monoisotopic (exact) mass is 520 g/mol. The third-order valence-corrected chi connectivity index (χ3v) is 7.07. The maximum atomic E-state index is 14.7. The third kappa shape index (κ3) is 4.99. The summed E-state index contributed by atoms with van der Waals surface area (Å²) in [6.45, 7) is 4.39. The molecule has 0 radical (unpaired) electrons. The van der Waals surface area contributed by atoms with Gasteiger partial charge in [-0.1, -0.05) is 24.3 Å². The molecule has 3 aromatic rings. The van der Waals surface area contributed by atoms with Crippen LogP contribution in [0.3, 0.4) is 0 Å². The van der Waals surface area contributed by atoms with E-state index in [1.807, 2.05) is 0 Å². The summed E-state index contributed by atoms with van der Waals surface area (Å²) < 4.78 is 28.7. The number of aliphatic hydroxyl groups excluding tert-OH is 1. The fraction of sp³-hybridized carbons (Fsp3) is 0.310. The molecule has 38 heavy (non-hydrogen) atoms. The summed E-state index contributed by atoms with van der Waals surface area (Å²) in [7, 11) is 1.64. The molecule has 3 heterocycles. The third-order valence-electron chi connectivity index (χ3n) is 7.07. The van der Waals surface area contributed by atoms with Crippen LogP contribution < -0.4 is 5.32 Å². The molecule has 2 aliphatic rings. The molecule has 5 rings (SSSR count). The number of carbonyl (C=O) groups excluding carboxylic acids is 2. The van der Waals surface area contributed by atoms with Gasteiger partial charge in [-0.05, 0) is 62.7 Å². The smallest absolute Gasteiger partial charge is 0.256 e. The van der Waals surface area contributed by atoms with E-state index in [1.54, 1.807) is 44.3 Å². The van der Waals surface area contributed by atoms with Crippen LogP contribution in [0.5, 0.6) is 0 Å². The van der Waals surface area contributed by atoms with Crippen molar-refractivity contribution in [1.82, 2.24) is 14.8 Å². The van der Waals surface area contributed by atoms with Crippen molar-refractivity contribution in [2.45, 2.75) is 25.9 Å². The number of β-amino-alcohol motifs (C(OH)–C–C–N with tert-alkyl or cyclic N) is 1. The summed E-state index contributed by atoms with van der Waals surface area (Å²) in [5.74, 6) is -2.69. The molecule has 3 N–H and O–H groups in total. The fourth-order valence-corrected chi connectivity index (χ4v) is 5.29. The summed E-state index contributed by atoms with van der Waals surface area (Å²) >= 11 is 0. The average Bonchev–Trinajstić information content (AvgIpc) is 3.60. The SMILES string of the molecule is Cc1cc(C(=O)N(C)CC(O)CN2CCCC2)c(/C=C2\C(=O)Nc3cccc(-c4cccc(F)c4F)c32)[nH]1. The number of nitrogens with one attached hydrogen (secondary N) is 2. The minimum absolute atomic E-state index is 0.0370. The minimum Gasteiger partial charge on any atom is -0.390 e. The first-order valence-electron chi connectivity index (χ1n) is 12.7. The lowest BCUT2D eigenvalue weighted by molar-refractivity contribution is -0.110. The standard InChI is InChI=1S/C29H30F2N4O3/c1-17-13-21(29(38)34(2)15-18(36)16-35-11-3-4-12-35)25(32-17)14-22-26-19(7-6-10-24(26)33-28(22)37)20-8-5-9-23(30)27(20)31/h5-10,13-14,18,32,36H,3-4,11-12,15-16H2,1-2H3,(H,33,37)/b22-14-. The van der Waals surface area contributed by atoms with Crippen molar-refractivity contribution in [2.75, 3.05) is 38.5 Å². The molecular formula is C29H30F2N4O3. The van der Waals surface area contributed by atoms with E-state index in [4.69, 9.17) is 0 Å². The largest absolute Gasteiger partial charge is 0.390 e. The van der Waals surface area contributed by atoms with Crippen molar-refractivity contribution in [1.29, 1.82) is 0 Å². The van der Waals surface area contributed by atoms with Gasteiger partial charge in [0.05, 0.1) is 22.9 Å². The van der Waals surface area contributed by atoms with Crippen LogP contribution in [0.4, 0.5) is 14.5 Å². The van der Waals surface area contributed by atoms with Gasteiger partial charge in [0, 0.05) is 42.6 Å². The Labute approximate surface area is 219 Å². The number of hydrogen-bond donors (Lipinski definition) is 3. The van der Waals surface area contributed by atoms with Crippen LogP contribution >= 0.6 is 0 Å². The van der Waals surface area contributed by atoms with Gasteiger partial charge in [-0.15, -0.1) is 0 Å². The van der Waals surface area contributed by atoms with Gasteiger partial charge in [0.1, 0.15) is 0 Å². The van der Waals surface area contributed by atoms with E-state index >= 15 is 0 Å². The van der Waals surface area contributed by atoms with Crippen molar-refractivity contribution in [3.63, 3.8) is 0 Å². The van der Waals surface area contributed by atoms with Crippen LogP contribution in [0.1, 0.15) is 40.2 Å². The molecule has 0 bridgehead atoms. The Morgan fingerprint density at radius 2 is 1.87 bits per heavy atom. The predicted octanol–water partition coefficient (Wildman–Crippen LogP) is 4.29. The number of amides is 2. The van der Waals surface area contributed by atoms with Gasteiger partial charge in [0.2, 0.25) is 0 Å². The zero-order valence-corrected chi connectivity index (χ0v) is 21.4. The summed E-state index contributed by atoms with van der Waals surface area (Å²) in [5, 5.41) is 13.3. The van der Waals surface area contributed by atoms with Crippen molar-refractivity contribution in [3.05, 3.63) is 76.6 Å². The zero-order valence-electron chi connectivity index (χ0n) is 21.4. The van der Waals surface area contributed by atoms with Gasteiger partial charge in [-0.3, -0.25) is 9.59 Å². The highest BCUT2D eigenvalue weighted by Gasteiger charge is 2.30. The number of rotatable bonds is 7. The second kappa shape index (κ2) is 10.5. The van der Waals surface area contributed by atoms with E-state index < -0.39 is 23.6 Å². The van der Waals surface area contributed by atoms with Crippen molar-refractivity contribution in [2.24, 2.45) is 0 Å². The van der Waals surface area contributed by atoms with Crippen LogP contribution in [0, 0.1) is 18.6 Å². The van der Waals surface area contributed by atoms with E-state index in [0.29, 0.717) is 40.3 Å². The maximum absolute atomic E-state index is 14.7. The van der Waals surface area contributed by atoms with Crippen LogP contribution in [-0.2, 0) is 4.79 Å². The van der Waals surface area contributed by atoms with Crippen LogP contribution in [-0.4, -0.2) is 71.0 Å². The number of likely N-dealkylation sites (N-methyl/N-ethyl adjacent to an activating group) is 1. The molecule has 2 aliphatic heterocycles. The molecule has 0 aliphatic carbocycles. The predicted molar refractivity (Wildman–Crippen MR) is 142 cm³/mol. The number of aromatic nitrogens is 1. The van der Waals surface area contributed by atoms with Crippen molar-refractivity contribution >= 4 is 29.2 Å². The lowest BCUT2D eigenvalue weighted by Crippen LogP contribution is -2.40. The molecule has 0 spiro atoms. The van der Waals surface area contributed by atoms with Crippen LogP contribution in [0.25, 0.3) is 22.8 Å². The Morgan fingerprint density at radius 1 is 1.16 bits per heavy atom. The van der Waals surface area contributed by atoms with Crippen molar-refractivity contribution in [3.8, 4) is 11.1 Å². The fourth-order valence-electron chi connectivity index (χ4n) is 5.29. The number of benzene rings is 2. The quantitative estimate of drug-likeness (QED) is 0.406. The molecule has 1 atom stereocenters. The molecule has 1 saturated heterocycles. The molecule has 7 nitrogen and oxygen atoms in total. The second-order valence-electron chi connectivity index (χ2n) is 9.97. The number of halogens is 2. The number of anilines is 1. The Hall–Kier alpha value is -3.82. The lowest BCUT2D eigenvalue weighted by Gasteiger charge is -2.24. The number of aliphatic hydroxyl groups is 1. The Kier molecular flexibility index (Phi) is 7.14. The van der Waals surface area contributed by atoms with E-state index in [2.05, 4.69) is 15.2 Å². The van der Waals surface area contributed by atoms with Crippen LogP contribution in [0.15, 0.2) is 42.5 Å².